The molecule has 0 aromatic carbocycles. The van der Waals surface area contributed by atoms with Gasteiger partial charge in [0.1, 0.15) is 0 Å². The van der Waals surface area contributed by atoms with Crippen LogP contribution >= 0.6 is 11.6 Å². The van der Waals surface area contributed by atoms with Gasteiger partial charge in [0.15, 0.2) is 0 Å². The van der Waals surface area contributed by atoms with Crippen LogP contribution in [0.3, 0.4) is 0 Å². The van der Waals surface area contributed by atoms with E-state index >= 15 is 0 Å². The summed E-state index contributed by atoms with van der Waals surface area (Å²) in [6.07, 6.45) is 2.44. The molecular weight excluding hydrogens is 204 g/mol. The van der Waals surface area contributed by atoms with Gasteiger partial charge in [0.05, 0.1) is 10.7 Å². The Morgan fingerprint density at radius 1 is 1.79 bits per heavy atom. The molecule has 0 aliphatic rings. The van der Waals surface area contributed by atoms with Crippen molar-refractivity contribution in [1.82, 2.24) is 9.78 Å². The summed E-state index contributed by atoms with van der Waals surface area (Å²) in [5, 5.41) is 13.3. The van der Waals surface area contributed by atoms with E-state index in [1.54, 1.807) is 10.9 Å². The number of aliphatic carboxylic acids is 1. The molecule has 4 nitrogen and oxygen atoms in total. The van der Waals surface area contributed by atoms with Gasteiger partial charge in [-0.2, -0.15) is 5.10 Å². The Labute approximate surface area is 87.5 Å². The lowest BCUT2D eigenvalue weighted by molar-refractivity contribution is -0.137. The predicted molar refractivity (Wildman–Crippen MR) is 53.6 cm³/mol. The van der Waals surface area contributed by atoms with Crippen molar-refractivity contribution in [2.75, 3.05) is 0 Å². The van der Waals surface area contributed by atoms with Crippen LogP contribution in [-0.4, -0.2) is 20.9 Å². The Morgan fingerprint density at radius 3 is 2.86 bits per heavy atom. The molecule has 0 aliphatic heterocycles. The number of rotatable bonds is 4. The fourth-order valence-corrected chi connectivity index (χ4v) is 1.29. The second-order valence-corrected chi connectivity index (χ2v) is 3.73. The van der Waals surface area contributed by atoms with Gasteiger partial charge in [-0.1, -0.05) is 11.6 Å². The minimum Gasteiger partial charge on any atom is -0.481 e. The van der Waals surface area contributed by atoms with Gasteiger partial charge >= 0.3 is 5.97 Å². The summed E-state index contributed by atoms with van der Waals surface area (Å²) in [4.78, 5) is 10.4. The summed E-state index contributed by atoms with van der Waals surface area (Å²) in [6, 6.07) is 0.0669. The van der Waals surface area contributed by atoms with Gasteiger partial charge < -0.3 is 5.11 Å². The van der Waals surface area contributed by atoms with Gasteiger partial charge in [-0.05, 0) is 20.3 Å². The van der Waals surface area contributed by atoms with Crippen LogP contribution in [0.1, 0.15) is 31.5 Å². The Bertz CT molecular complexity index is 316. The van der Waals surface area contributed by atoms with Crippen molar-refractivity contribution in [3.05, 3.63) is 16.9 Å². The van der Waals surface area contributed by atoms with Crippen LogP contribution in [0.15, 0.2) is 6.20 Å². The molecule has 0 saturated carbocycles. The minimum absolute atomic E-state index is 0.0669. The van der Waals surface area contributed by atoms with Crippen molar-refractivity contribution in [1.29, 1.82) is 0 Å². The van der Waals surface area contributed by atoms with Crippen molar-refractivity contribution in [2.24, 2.45) is 0 Å². The molecule has 0 bridgehead atoms. The molecule has 1 atom stereocenters. The fourth-order valence-electron chi connectivity index (χ4n) is 1.15. The minimum atomic E-state index is -0.785. The maximum atomic E-state index is 10.4. The zero-order valence-corrected chi connectivity index (χ0v) is 8.95. The molecule has 0 saturated heterocycles. The number of carbonyl (C=O) groups is 1. The Hall–Kier alpha value is -1.03. The first-order valence-electron chi connectivity index (χ1n) is 4.43. The number of hydrogen-bond donors (Lipinski definition) is 1. The van der Waals surface area contributed by atoms with E-state index in [-0.39, 0.29) is 12.5 Å². The average Bonchev–Trinajstić information content (AvgIpc) is 2.43. The number of aryl methyl sites for hydroxylation is 1. The maximum Gasteiger partial charge on any atom is 0.303 e. The standard InChI is InChI=1S/C9H13ClN2O2/c1-6(3-4-9(13)14)12-5-8(10)7(2)11-12/h5-6H,3-4H2,1-2H3,(H,13,14). The second kappa shape index (κ2) is 4.46. The molecule has 5 heteroatoms. The highest BCUT2D eigenvalue weighted by molar-refractivity contribution is 6.31. The summed E-state index contributed by atoms with van der Waals surface area (Å²) in [5.41, 5.74) is 0.772. The van der Waals surface area contributed by atoms with Gasteiger partial charge in [-0.3, -0.25) is 9.48 Å². The van der Waals surface area contributed by atoms with E-state index in [0.29, 0.717) is 11.4 Å². The quantitative estimate of drug-likeness (QED) is 0.840. The first kappa shape index (κ1) is 11.0. The monoisotopic (exact) mass is 216 g/mol. The SMILES string of the molecule is Cc1nn(C(C)CCC(=O)O)cc1Cl. The molecule has 1 unspecified atom stereocenters. The summed E-state index contributed by atoms with van der Waals surface area (Å²) in [6.45, 7) is 3.74. The van der Waals surface area contributed by atoms with Gasteiger partial charge in [0, 0.05) is 18.7 Å². The number of carboxylic acid groups (broad SMARTS) is 1. The van der Waals surface area contributed by atoms with Crippen molar-refractivity contribution >= 4 is 17.6 Å². The molecule has 1 N–H and O–H groups in total. The van der Waals surface area contributed by atoms with E-state index in [9.17, 15) is 4.79 Å². The van der Waals surface area contributed by atoms with Gasteiger partial charge in [0.2, 0.25) is 0 Å². The largest absolute Gasteiger partial charge is 0.481 e. The third-order valence-corrected chi connectivity index (χ3v) is 2.46. The maximum absolute atomic E-state index is 10.4. The summed E-state index contributed by atoms with van der Waals surface area (Å²) in [5.74, 6) is -0.785. The van der Waals surface area contributed by atoms with Crippen LogP contribution in [0.5, 0.6) is 0 Å². The topological polar surface area (TPSA) is 55.1 Å². The lowest BCUT2D eigenvalue weighted by atomic mass is 10.2. The molecule has 0 fully saturated rings. The molecular formula is C9H13ClN2O2. The molecule has 14 heavy (non-hydrogen) atoms. The highest BCUT2D eigenvalue weighted by Gasteiger charge is 2.10. The number of nitrogens with zero attached hydrogens (tertiary/aromatic N) is 2. The van der Waals surface area contributed by atoms with Crippen LogP contribution in [0, 0.1) is 6.92 Å². The predicted octanol–water partition coefficient (Wildman–Crippen LogP) is 2.27. The van der Waals surface area contributed by atoms with E-state index in [4.69, 9.17) is 16.7 Å². The van der Waals surface area contributed by atoms with Crippen LogP contribution in [0.2, 0.25) is 5.02 Å². The lowest BCUT2D eigenvalue weighted by Gasteiger charge is -2.09. The zero-order chi connectivity index (χ0) is 10.7. The molecule has 0 aliphatic carbocycles. The first-order chi connectivity index (χ1) is 6.50. The van der Waals surface area contributed by atoms with Gasteiger partial charge in [0.25, 0.3) is 0 Å². The molecule has 0 spiro atoms. The second-order valence-electron chi connectivity index (χ2n) is 3.32. The van der Waals surface area contributed by atoms with E-state index in [0.717, 1.165) is 5.69 Å². The molecule has 1 aromatic rings. The van der Waals surface area contributed by atoms with Crippen molar-refractivity contribution < 1.29 is 9.90 Å². The highest BCUT2D eigenvalue weighted by Crippen LogP contribution is 2.18. The van der Waals surface area contributed by atoms with Crippen LogP contribution in [0.4, 0.5) is 0 Å². The Morgan fingerprint density at radius 2 is 2.43 bits per heavy atom. The molecule has 0 radical (unpaired) electrons. The molecule has 0 amide bonds. The van der Waals surface area contributed by atoms with E-state index < -0.39 is 5.97 Å². The highest BCUT2D eigenvalue weighted by atomic mass is 35.5. The normalized spacial score (nSPS) is 12.8. The smallest absolute Gasteiger partial charge is 0.303 e. The molecule has 1 aromatic heterocycles. The van der Waals surface area contributed by atoms with Crippen LogP contribution < -0.4 is 0 Å². The van der Waals surface area contributed by atoms with Crippen molar-refractivity contribution in [3.63, 3.8) is 0 Å². The van der Waals surface area contributed by atoms with Crippen molar-refractivity contribution in [3.8, 4) is 0 Å². The summed E-state index contributed by atoms with van der Waals surface area (Å²) >= 11 is 5.84. The first-order valence-corrected chi connectivity index (χ1v) is 4.81. The number of carboxylic acids is 1. The Balaban J connectivity index is 2.60. The van der Waals surface area contributed by atoms with E-state index in [1.165, 1.54) is 0 Å². The zero-order valence-electron chi connectivity index (χ0n) is 8.20. The fraction of sp³-hybridized carbons (Fsp3) is 0.556. The van der Waals surface area contributed by atoms with Crippen molar-refractivity contribution in [2.45, 2.75) is 32.7 Å². The van der Waals surface area contributed by atoms with Crippen LogP contribution in [0.25, 0.3) is 0 Å². The number of aromatic nitrogens is 2. The molecule has 1 rings (SSSR count). The molecule has 78 valence electrons. The number of hydrogen-bond acceptors (Lipinski definition) is 2. The third kappa shape index (κ3) is 2.73. The third-order valence-electron chi connectivity index (χ3n) is 2.08. The van der Waals surface area contributed by atoms with Crippen LogP contribution in [-0.2, 0) is 4.79 Å². The average molecular weight is 217 g/mol. The van der Waals surface area contributed by atoms with E-state index in [1.807, 2.05) is 13.8 Å². The number of halogens is 1. The van der Waals surface area contributed by atoms with Gasteiger partial charge in [-0.25, -0.2) is 0 Å². The van der Waals surface area contributed by atoms with E-state index in [2.05, 4.69) is 5.10 Å². The summed E-state index contributed by atoms with van der Waals surface area (Å²) in [7, 11) is 0. The lowest BCUT2D eigenvalue weighted by Crippen LogP contribution is -2.08. The Kier molecular flexibility index (Phi) is 3.52. The summed E-state index contributed by atoms with van der Waals surface area (Å²) < 4.78 is 1.71. The molecule has 1 heterocycles. The van der Waals surface area contributed by atoms with Gasteiger partial charge in [-0.15, -0.1) is 0 Å².